The molecule has 0 aromatic rings. The van der Waals surface area contributed by atoms with E-state index in [0.717, 1.165) is 12.5 Å². The Kier molecular flexibility index (Phi) is 3.06. The number of carbonyl (C=O) groups is 1. The molecule has 2 aliphatic rings. The zero-order valence-electron chi connectivity index (χ0n) is 8.88. The fourth-order valence-corrected chi connectivity index (χ4v) is 2.32. The summed E-state index contributed by atoms with van der Waals surface area (Å²) >= 11 is 0. The van der Waals surface area contributed by atoms with Gasteiger partial charge in [-0.1, -0.05) is 12.8 Å². The summed E-state index contributed by atoms with van der Waals surface area (Å²) < 4.78 is 0. The van der Waals surface area contributed by atoms with Crippen LogP contribution in [-0.4, -0.2) is 24.0 Å². The lowest BCUT2D eigenvalue weighted by Gasteiger charge is -2.32. The number of hydrogen-bond donors (Lipinski definition) is 2. The van der Waals surface area contributed by atoms with E-state index >= 15 is 0 Å². The molecule has 2 aliphatic carbocycles. The summed E-state index contributed by atoms with van der Waals surface area (Å²) in [5.41, 5.74) is 0. The van der Waals surface area contributed by atoms with E-state index in [9.17, 15) is 4.79 Å². The lowest BCUT2D eigenvalue weighted by molar-refractivity contribution is -0.120. The van der Waals surface area contributed by atoms with Crippen LogP contribution in [0.3, 0.4) is 0 Å². The van der Waals surface area contributed by atoms with Crippen LogP contribution in [0.25, 0.3) is 0 Å². The van der Waals surface area contributed by atoms with Crippen LogP contribution in [0.1, 0.15) is 45.4 Å². The summed E-state index contributed by atoms with van der Waals surface area (Å²) in [7, 11) is 0. The van der Waals surface area contributed by atoms with Crippen molar-refractivity contribution in [3.8, 4) is 0 Å². The average molecular weight is 196 g/mol. The minimum Gasteiger partial charge on any atom is -0.352 e. The molecule has 0 heterocycles. The molecule has 0 aromatic heterocycles. The monoisotopic (exact) mass is 196 g/mol. The van der Waals surface area contributed by atoms with Gasteiger partial charge in [-0.25, -0.2) is 0 Å². The third kappa shape index (κ3) is 2.71. The van der Waals surface area contributed by atoms with Crippen LogP contribution in [-0.2, 0) is 4.79 Å². The maximum absolute atomic E-state index is 11.0. The maximum atomic E-state index is 11.0. The van der Waals surface area contributed by atoms with Crippen LogP contribution in [0.4, 0.5) is 0 Å². The highest BCUT2D eigenvalue weighted by Gasteiger charge is 2.31. The van der Waals surface area contributed by atoms with Crippen molar-refractivity contribution in [2.45, 2.75) is 63.6 Å². The van der Waals surface area contributed by atoms with Gasteiger partial charge in [0.25, 0.3) is 0 Å². The molecule has 2 N–H and O–H groups in total. The van der Waals surface area contributed by atoms with E-state index in [1.165, 1.54) is 32.1 Å². The molecule has 0 radical (unpaired) electrons. The van der Waals surface area contributed by atoms with E-state index in [0.29, 0.717) is 12.1 Å². The lowest BCUT2D eigenvalue weighted by Crippen LogP contribution is -2.51. The minimum absolute atomic E-state index is 0.111. The van der Waals surface area contributed by atoms with E-state index in [1.54, 1.807) is 6.92 Å². The summed E-state index contributed by atoms with van der Waals surface area (Å²) in [6, 6.07) is 1.65. The van der Waals surface area contributed by atoms with E-state index in [1.807, 2.05) is 0 Å². The van der Waals surface area contributed by atoms with Gasteiger partial charge in [0.1, 0.15) is 0 Å². The Bertz CT molecular complexity index is 213. The SMILES string of the molecule is CC(=O)NC1CCCCC1NC1CC1. The first-order valence-electron chi connectivity index (χ1n) is 5.79. The van der Waals surface area contributed by atoms with Crippen molar-refractivity contribution in [1.29, 1.82) is 0 Å². The van der Waals surface area contributed by atoms with Gasteiger partial charge in [0.15, 0.2) is 0 Å². The summed E-state index contributed by atoms with van der Waals surface area (Å²) in [6.45, 7) is 1.61. The lowest BCUT2D eigenvalue weighted by atomic mass is 9.90. The van der Waals surface area contributed by atoms with Crippen molar-refractivity contribution in [1.82, 2.24) is 10.6 Å². The van der Waals surface area contributed by atoms with Gasteiger partial charge in [0.2, 0.25) is 5.91 Å². The fourth-order valence-electron chi connectivity index (χ4n) is 2.32. The molecule has 0 bridgehead atoms. The number of rotatable bonds is 3. The molecule has 3 nitrogen and oxygen atoms in total. The second-order valence-electron chi connectivity index (χ2n) is 4.64. The van der Waals surface area contributed by atoms with E-state index in [2.05, 4.69) is 10.6 Å². The van der Waals surface area contributed by atoms with E-state index < -0.39 is 0 Å². The van der Waals surface area contributed by atoms with Gasteiger partial charge >= 0.3 is 0 Å². The standard InChI is InChI=1S/C11H20N2O/c1-8(14)12-10-4-2-3-5-11(10)13-9-6-7-9/h9-11,13H,2-7H2,1H3,(H,12,14). The first-order chi connectivity index (χ1) is 6.75. The summed E-state index contributed by atoms with van der Waals surface area (Å²) in [6.07, 6.45) is 7.58. The summed E-state index contributed by atoms with van der Waals surface area (Å²) in [5.74, 6) is 0.111. The molecule has 80 valence electrons. The Morgan fingerprint density at radius 2 is 1.71 bits per heavy atom. The Balaban J connectivity index is 1.84. The van der Waals surface area contributed by atoms with Crippen molar-refractivity contribution in [2.24, 2.45) is 0 Å². The molecule has 1 amide bonds. The molecule has 2 saturated carbocycles. The number of hydrogen-bond acceptors (Lipinski definition) is 2. The number of amides is 1. The smallest absolute Gasteiger partial charge is 0.217 e. The predicted molar refractivity (Wildman–Crippen MR) is 56.0 cm³/mol. The van der Waals surface area contributed by atoms with Crippen LogP contribution < -0.4 is 10.6 Å². The topological polar surface area (TPSA) is 41.1 Å². The highest BCUT2D eigenvalue weighted by atomic mass is 16.1. The second kappa shape index (κ2) is 4.30. The molecular weight excluding hydrogens is 176 g/mol. The first kappa shape index (κ1) is 9.97. The molecule has 0 aliphatic heterocycles. The Morgan fingerprint density at radius 1 is 1.07 bits per heavy atom. The first-order valence-corrected chi connectivity index (χ1v) is 5.79. The normalized spacial score (nSPS) is 32.6. The van der Waals surface area contributed by atoms with Gasteiger partial charge in [0, 0.05) is 25.0 Å². The van der Waals surface area contributed by atoms with Crippen LogP contribution in [0, 0.1) is 0 Å². The fraction of sp³-hybridized carbons (Fsp3) is 0.909. The van der Waals surface area contributed by atoms with Gasteiger partial charge in [-0.3, -0.25) is 4.79 Å². The van der Waals surface area contributed by atoms with Crippen LogP contribution in [0.5, 0.6) is 0 Å². The molecule has 0 spiro atoms. The quantitative estimate of drug-likeness (QED) is 0.712. The molecule has 0 saturated heterocycles. The predicted octanol–water partition coefficient (Wildman–Crippen LogP) is 1.19. The Morgan fingerprint density at radius 3 is 2.29 bits per heavy atom. The second-order valence-corrected chi connectivity index (χ2v) is 4.64. The van der Waals surface area contributed by atoms with E-state index in [4.69, 9.17) is 0 Å². The Hall–Kier alpha value is -0.570. The van der Waals surface area contributed by atoms with Gasteiger partial charge in [-0.15, -0.1) is 0 Å². The molecular formula is C11H20N2O. The average Bonchev–Trinajstić information content (AvgIpc) is 2.91. The highest BCUT2D eigenvalue weighted by Crippen LogP contribution is 2.25. The Labute approximate surface area is 85.6 Å². The largest absolute Gasteiger partial charge is 0.352 e. The van der Waals surface area contributed by atoms with Gasteiger partial charge in [0.05, 0.1) is 0 Å². The highest BCUT2D eigenvalue weighted by molar-refractivity contribution is 5.73. The molecule has 14 heavy (non-hydrogen) atoms. The zero-order valence-corrected chi connectivity index (χ0v) is 8.88. The third-order valence-electron chi connectivity index (χ3n) is 3.18. The molecule has 2 unspecified atom stereocenters. The molecule has 2 rings (SSSR count). The van der Waals surface area contributed by atoms with Crippen LogP contribution >= 0.6 is 0 Å². The number of nitrogens with one attached hydrogen (secondary N) is 2. The van der Waals surface area contributed by atoms with Gasteiger partial charge in [-0.2, -0.15) is 0 Å². The van der Waals surface area contributed by atoms with Crippen LogP contribution in [0.2, 0.25) is 0 Å². The summed E-state index contributed by atoms with van der Waals surface area (Å²) in [4.78, 5) is 11.0. The van der Waals surface area contributed by atoms with Gasteiger partial charge in [-0.05, 0) is 25.7 Å². The van der Waals surface area contributed by atoms with E-state index in [-0.39, 0.29) is 5.91 Å². The van der Waals surface area contributed by atoms with Crippen LogP contribution in [0.15, 0.2) is 0 Å². The number of carbonyl (C=O) groups excluding carboxylic acids is 1. The zero-order chi connectivity index (χ0) is 9.97. The van der Waals surface area contributed by atoms with Crippen molar-refractivity contribution in [3.63, 3.8) is 0 Å². The minimum atomic E-state index is 0.111. The van der Waals surface area contributed by atoms with Crippen molar-refractivity contribution >= 4 is 5.91 Å². The van der Waals surface area contributed by atoms with Crippen molar-refractivity contribution < 1.29 is 4.79 Å². The van der Waals surface area contributed by atoms with Gasteiger partial charge < -0.3 is 10.6 Å². The summed E-state index contributed by atoms with van der Waals surface area (Å²) in [5, 5.41) is 6.70. The molecule has 2 atom stereocenters. The van der Waals surface area contributed by atoms with Crippen molar-refractivity contribution in [2.75, 3.05) is 0 Å². The third-order valence-corrected chi connectivity index (χ3v) is 3.18. The molecule has 3 heteroatoms. The maximum Gasteiger partial charge on any atom is 0.217 e. The molecule has 2 fully saturated rings. The van der Waals surface area contributed by atoms with Crippen molar-refractivity contribution in [3.05, 3.63) is 0 Å². The molecule has 0 aromatic carbocycles.